The fraction of sp³-hybridized carbons (Fsp3) is 0.368. The third kappa shape index (κ3) is 3.66. The molecule has 0 bridgehead atoms. The standard InChI is InChI=1S/C19H22N4O3/c1-5-8-20-15(24)10-25-18-16-17(14-7-6-11(2)12(3)9-14)23-26-19(16)22-13(4)21-18/h6-7,9H,5,8,10H2,1-4H3,(H,20,24). The first-order chi connectivity index (χ1) is 12.5. The van der Waals surface area contributed by atoms with Gasteiger partial charge in [-0.2, -0.15) is 9.97 Å². The fourth-order valence-corrected chi connectivity index (χ4v) is 2.56. The molecule has 3 aromatic rings. The molecule has 3 rings (SSSR count). The van der Waals surface area contributed by atoms with E-state index in [0.717, 1.165) is 17.5 Å². The van der Waals surface area contributed by atoms with Gasteiger partial charge in [0.05, 0.1) is 0 Å². The second kappa shape index (κ2) is 7.51. The number of aryl methyl sites for hydroxylation is 3. The van der Waals surface area contributed by atoms with Crippen LogP contribution in [0.15, 0.2) is 22.7 Å². The number of hydrogen-bond donors (Lipinski definition) is 1. The number of hydrogen-bond acceptors (Lipinski definition) is 6. The number of carbonyl (C=O) groups is 1. The van der Waals surface area contributed by atoms with E-state index in [9.17, 15) is 4.79 Å². The number of carbonyl (C=O) groups excluding carboxylic acids is 1. The summed E-state index contributed by atoms with van der Waals surface area (Å²) in [5.74, 6) is 0.596. The number of rotatable bonds is 6. The van der Waals surface area contributed by atoms with Crippen molar-refractivity contribution >= 4 is 17.0 Å². The predicted octanol–water partition coefficient (Wildman–Crippen LogP) is 3.12. The minimum atomic E-state index is -0.194. The van der Waals surface area contributed by atoms with E-state index in [1.165, 1.54) is 5.56 Å². The highest BCUT2D eigenvalue weighted by molar-refractivity contribution is 5.93. The summed E-state index contributed by atoms with van der Waals surface area (Å²) < 4.78 is 11.1. The van der Waals surface area contributed by atoms with Crippen LogP contribution in [0.1, 0.15) is 30.3 Å². The van der Waals surface area contributed by atoms with E-state index < -0.39 is 0 Å². The first-order valence-corrected chi connectivity index (χ1v) is 8.60. The van der Waals surface area contributed by atoms with Gasteiger partial charge >= 0.3 is 0 Å². The summed E-state index contributed by atoms with van der Waals surface area (Å²) >= 11 is 0. The largest absolute Gasteiger partial charge is 0.467 e. The molecule has 7 heteroatoms. The summed E-state index contributed by atoms with van der Waals surface area (Å²) in [6.07, 6.45) is 0.866. The van der Waals surface area contributed by atoms with E-state index in [1.807, 2.05) is 32.0 Å². The molecular weight excluding hydrogens is 332 g/mol. The molecule has 0 aliphatic heterocycles. The maximum atomic E-state index is 11.9. The molecular formula is C19H22N4O3. The van der Waals surface area contributed by atoms with Crippen LogP contribution in [0.25, 0.3) is 22.4 Å². The number of ether oxygens (including phenoxy) is 1. The second-order valence-electron chi connectivity index (χ2n) is 6.22. The maximum absolute atomic E-state index is 11.9. The first-order valence-electron chi connectivity index (χ1n) is 8.60. The normalized spacial score (nSPS) is 10.9. The van der Waals surface area contributed by atoms with Gasteiger partial charge in [-0.05, 0) is 44.4 Å². The van der Waals surface area contributed by atoms with Crippen LogP contribution in [0.5, 0.6) is 5.88 Å². The van der Waals surface area contributed by atoms with Crippen molar-refractivity contribution < 1.29 is 14.1 Å². The molecule has 1 amide bonds. The number of aromatic nitrogens is 3. The van der Waals surface area contributed by atoms with Crippen LogP contribution in [-0.4, -0.2) is 34.2 Å². The number of amides is 1. The average Bonchev–Trinajstić information content (AvgIpc) is 3.04. The zero-order valence-electron chi connectivity index (χ0n) is 15.4. The van der Waals surface area contributed by atoms with Crippen LogP contribution < -0.4 is 10.1 Å². The van der Waals surface area contributed by atoms with Gasteiger partial charge in [-0.1, -0.05) is 24.2 Å². The lowest BCUT2D eigenvalue weighted by molar-refractivity contribution is -0.123. The second-order valence-corrected chi connectivity index (χ2v) is 6.22. The van der Waals surface area contributed by atoms with Gasteiger partial charge in [-0.25, -0.2) is 0 Å². The third-order valence-electron chi connectivity index (χ3n) is 4.11. The Kier molecular flexibility index (Phi) is 5.16. The molecule has 0 saturated carbocycles. The van der Waals surface area contributed by atoms with Crippen molar-refractivity contribution in [2.45, 2.75) is 34.1 Å². The van der Waals surface area contributed by atoms with Crippen molar-refractivity contribution in [3.8, 4) is 17.1 Å². The highest BCUT2D eigenvalue weighted by atomic mass is 16.5. The lowest BCUT2D eigenvalue weighted by atomic mass is 10.0. The summed E-state index contributed by atoms with van der Waals surface area (Å²) in [5, 5.41) is 7.50. The molecule has 2 heterocycles. The topological polar surface area (TPSA) is 90.1 Å². The summed E-state index contributed by atoms with van der Waals surface area (Å²) in [4.78, 5) is 20.5. The van der Waals surface area contributed by atoms with Gasteiger partial charge in [0.2, 0.25) is 5.88 Å². The zero-order chi connectivity index (χ0) is 18.7. The monoisotopic (exact) mass is 354 g/mol. The van der Waals surface area contributed by atoms with Gasteiger partial charge in [0.25, 0.3) is 11.6 Å². The molecule has 0 spiro atoms. The van der Waals surface area contributed by atoms with Gasteiger partial charge in [0, 0.05) is 12.1 Å². The molecule has 0 aliphatic rings. The molecule has 0 fully saturated rings. The van der Waals surface area contributed by atoms with E-state index >= 15 is 0 Å². The van der Waals surface area contributed by atoms with Gasteiger partial charge in [0.1, 0.15) is 16.9 Å². The van der Waals surface area contributed by atoms with E-state index in [0.29, 0.717) is 35.0 Å². The van der Waals surface area contributed by atoms with Gasteiger partial charge in [-0.3, -0.25) is 4.79 Å². The SMILES string of the molecule is CCCNC(=O)COc1nc(C)nc2onc(-c3ccc(C)c(C)c3)c12. The molecule has 0 saturated heterocycles. The van der Waals surface area contributed by atoms with Crippen molar-refractivity contribution in [1.82, 2.24) is 20.4 Å². The van der Waals surface area contributed by atoms with E-state index in [2.05, 4.69) is 27.4 Å². The Labute approximate surface area is 151 Å². The summed E-state index contributed by atoms with van der Waals surface area (Å²) in [5.41, 5.74) is 4.17. The van der Waals surface area contributed by atoms with Crippen LogP contribution in [0.4, 0.5) is 0 Å². The predicted molar refractivity (Wildman–Crippen MR) is 98.0 cm³/mol. The molecule has 0 atom stereocenters. The van der Waals surface area contributed by atoms with Crippen LogP contribution in [0, 0.1) is 20.8 Å². The quantitative estimate of drug-likeness (QED) is 0.731. The van der Waals surface area contributed by atoms with E-state index in [1.54, 1.807) is 6.92 Å². The van der Waals surface area contributed by atoms with Crippen molar-refractivity contribution in [3.63, 3.8) is 0 Å². The minimum Gasteiger partial charge on any atom is -0.467 e. The van der Waals surface area contributed by atoms with Crippen LogP contribution in [0.2, 0.25) is 0 Å². The number of benzene rings is 1. The lowest BCUT2D eigenvalue weighted by Crippen LogP contribution is -2.29. The minimum absolute atomic E-state index is 0.122. The number of fused-ring (bicyclic) bond motifs is 1. The summed E-state index contributed by atoms with van der Waals surface area (Å²) in [6, 6.07) is 6.03. The fourth-order valence-electron chi connectivity index (χ4n) is 2.56. The van der Waals surface area contributed by atoms with Crippen molar-refractivity contribution in [2.24, 2.45) is 0 Å². The van der Waals surface area contributed by atoms with Crippen molar-refractivity contribution in [3.05, 3.63) is 35.2 Å². The van der Waals surface area contributed by atoms with Crippen LogP contribution in [-0.2, 0) is 4.79 Å². The van der Waals surface area contributed by atoms with Gasteiger partial charge < -0.3 is 14.6 Å². The van der Waals surface area contributed by atoms with Gasteiger partial charge in [0.15, 0.2) is 6.61 Å². The highest BCUT2D eigenvalue weighted by Crippen LogP contribution is 2.33. The van der Waals surface area contributed by atoms with Crippen molar-refractivity contribution in [1.29, 1.82) is 0 Å². The third-order valence-corrected chi connectivity index (χ3v) is 4.11. The Morgan fingerprint density at radius 2 is 2.00 bits per heavy atom. The molecule has 0 radical (unpaired) electrons. The van der Waals surface area contributed by atoms with E-state index in [4.69, 9.17) is 9.26 Å². The Morgan fingerprint density at radius 3 is 2.73 bits per heavy atom. The molecule has 7 nitrogen and oxygen atoms in total. The highest BCUT2D eigenvalue weighted by Gasteiger charge is 2.20. The Morgan fingerprint density at radius 1 is 1.19 bits per heavy atom. The van der Waals surface area contributed by atoms with Crippen LogP contribution >= 0.6 is 0 Å². The molecule has 1 N–H and O–H groups in total. The first kappa shape index (κ1) is 17.8. The molecule has 136 valence electrons. The summed E-state index contributed by atoms with van der Waals surface area (Å²) in [6.45, 7) is 8.31. The molecule has 0 unspecified atom stereocenters. The number of nitrogens with zero attached hydrogens (tertiary/aromatic N) is 3. The molecule has 1 aromatic carbocycles. The van der Waals surface area contributed by atoms with Crippen molar-refractivity contribution in [2.75, 3.05) is 13.2 Å². The maximum Gasteiger partial charge on any atom is 0.265 e. The molecule has 26 heavy (non-hydrogen) atoms. The lowest BCUT2D eigenvalue weighted by Gasteiger charge is -2.08. The molecule has 2 aromatic heterocycles. The molecule has 0 aliphatic carbocycles. The Hall–Kier alpha value is -2.96. The van der Waals surface area contributed by atoms with Gasteiger partial charge in [-0.15, -0.1) is 0 Å². The summed E-state index contributed by atoms with van der Waals surface area (Å²) in [7, 11) is 0. The Balaban J connectivity index is 1.98. The number of nitrogens with one attached hydrogen (secondary N) is 1. The van der Waals surface area contributed by atoms with E-state index in [-0.39, 0.29) is 12.5 Å². The zero-order valence-corrected chi connectivity index (χ0v) is 15.4. The smallest absolute Gasteiger partial charge is 0.265 e. The average molecular weight is 354 g/mol. The Bertz CT molecular complexity index is 949. The van der Waals surface area contributed by atoms with Crippen LogP contribution in [0.3, 0.4) is 0 Å².